The summed E-state index contributed by atoms with van der Waals surface area (Å²) in [6, 6.07) is 2.30. The molecule has 0 radical (unpaired) electrons. The predicted molar refractivity (Wildman–Crippen MR) is 47.2 cm³/mol. The summed E-state index contributed by atoms with van der Waals surface area (Å²) in [5.41, 5.74) is -0.153. The molecule has 0 unspecified atom stereocenters. The van der Waals surface area contributed by atoms with E-state index in [2.05, 4.69) is 0 Å². The highest BCUT2D eigenvalue weighted by molar-refractivity contribution is 6.63. The van der Waals surface area contributed by atoms with Gasteiger partial charge in [-0.3, -0.25) is 0 Å². The van der Waals surface area contributed by atoms with E-state index in [9.17, 15) is 4.39 Å². The molecular weight excluding hydrogens is 197 g/mol. The van der Waals surface area contributed by atoms with Crippen molar-refractivity contribution in [3.8, 4) is 0 Å². The van der Waals surface area contributed by atoms with Crippen molar-refractivity contribution < 1.29 is 19.5 Å². The van der Waals surface area contributed by atoms with E-state index < -0.39 is 18.4 Å². The van der Waals surface area contributed by atoms with E-state index in [1.807, 2.05) is 0 Å². The first-order valence-corrected chi connectivity index (χ1v) is 3.89. The summed E-state index contributed by atoms with van der Waals surface area (Å²) >= 11 is 5.59. The zero-order valence-electron chi connectivity index (χ0n) is 6.54. The van der Waals surface area contributed by atoms with Crippen molar-refractivity contribution in [1.82, 2.24) is 0 Å². The largest absolute Gasteiger partial charge is 0.493 e. The van der Waals surface area contributed by atoms with Crippen LogP contribution in [0.1, 0.15) is 5.56 Å². The van der Waals surface area contributed by atoms with E-state index in [0.717, 1.165) is 6.07 Å². The van der Waals surface area contributed by atoms with Crippen molar-refractivity contribution in [2.24, 2.45) is 0 Å². The molecule has 0 heterocycles. The smallest absolute Gasteiger partial charge is 0.423 e. The lowest BCUT2D eigenvalue weighted by atomic mass is 9.79. The molecule has 1 rings (SSSR count). The molecule has 0 aromatic heterocycles. The lowest BCUT2D eigenvalue weighted by Gasteiger charge is -2.07. The van der Waals surface area contributed by atoms with E-state index in [0.29, 0.717) is 0 Å². The van der Waals surface area contributed by atoms with Crippen LogP contribution < -0.4 is 5.46 Å². The molecule has 0 amide bonds. The minimum atomic E-state index is -1.97. The van der Waals surface area contributed by atoms with Crippen molar-refractivity contribution in [3.05, 3.63) is 28.5 Å². The quantitative estimate of drug-likeness (QED) is 0.577. The number of hydrogen-bond acceptors (Lipinski definition) is 3. The Morgan fingerprint density at radius 1 is 1.38 bits per heavy atom. The Morgan fingerprint density at radius 2 is 2.00 bits per heavy atom. The van der Waals surface area contributed by atoms with E-state index in [4.69, 9.17) is 26.8 Å². The monoisotopic (exact) mass is 204 g/mol. The van der Waals surface area contributed by atoms with Gasteiger partial charge in [0.15, 0.2) is 0 Å². The Kier molecular flexibility index (Phi) is 3.27. The van der Waals surface area contributed by atoms with E-state index in [1.54, 1.807) is 0 Å². The molecule has 3 N–H and O–H groups in total. The summed E-state index contributed by atoms with van der Waals surface area (Å²) in [5.74, 6) is -0.808. The Bertz CT molecular complexity index is 319. The topological polar surface area (TPSA) is 60.7 Å². The van der Waals surface area contributed by atoms with Gasteiger partial charge in [-0.15, -0.1) is 0 Å². The first-order valence-electron chi connectivity index (χ1n) is 3.51. The molecule has 0 aliphatic rings. The Balaban J connectivity index is 3.30. The van der Waals surface area contributed by atoms with E-state index in [-0.39, 0.29) is 17.2 Å². The minimum absolute atomic E-state index is 0.155. The fourth-order valence-electron chi connectivity index (χ4n) is 0.973. The highest BCUT2D eigenvalue weighted by Gasteiger charge is 2.22. The number of hydrogen-bond donors (Lipinski definition) is 3. The summed E-state index contributed by atoms with van der Waals surface area (Å²) < 4.78 is 12.9. The van der Waals surface area contributed by atoms with Crippen LogP contribution in [0.15, 0.2) is 12.1 Å². The summed E-state index contributed by atoms with van der Waals surface area (Å²) in [5, 5.41) is 26.1. The molecule has 1 aromatic carbocycles. The highest BCUT2D eigenvalue weighted by Crippen LogP contribution is 2.15. The van der Waals surface area contributed by atoms with Gasteiger partial charge in [-0.2, -0.15) is 0 Å². The number of rotatable bonds is 2. The second-order valence-corrected chi connectivity index (χ2v) is 2.84. The third-order valence-electron chi connectivity index (χ3n) is 1.64. The third kappa shape index (κ3) is 2.00. The third-order valence-corrected chi connectivity index (χ3v) is 2.08. The first kappa shape index (κ1) is 10.5. The second-order valence-electron chi connectivity index (χ2n) is 2.47. The van der Waals surface area contributed by atoms with Crippen molar-refractivity contribution in [3.63, 3.8) is 0 Å². The van der Waals surface area contributed by atoms with Crippen LogP contribution in [-0.4, -0.2) is 22.3 Å². The van der Waals surface area contributed by atoms with Gasteiger partial charge in [0.25, 0.3) is 0 Å². The lowest BCUT2D eigenvalue weighted by molar-refractivity contribution is 0.282. The van der Waals surface area contributed by atoms with Crippen LogP contribution in [0.4, 0.5) is 4.39 Å². The van der Waals surface area contributed by atoms with Crippen LogP contribution in [0, 0.1) is 5.82 Å². The summed E-state index contributed by atoms with van der Waals surface area (Å²) in [7, 11) is -1.97. The van der Waals surface area contributed by atoms with Gasteiger partial charge < -0.3 is 15.2 Å². The van der Waals surface area contributed by atoms with Crippen LogP contribution in [-0.2, 0) is 6.61 Å². The number of aliphatic hydroxyl groups excluding tert-OH is 1. The summed E-state index contributed by atoms with van der Waals surface area (Å²) in [6.45, 7) is -0.376. The van der Waals surface area contributed by atoms with Gasteiger partial charge in [0, 0.05) is 10.5 Å². The maximum Gasteiger partial charge on any atom is 0.493 e. The Morgan fingerprint density at radius 3 is 2.46 bits per heavy atom. The molecule has 0 bridgehead atoms. The fourth-order valence-corrected chi connectivity index (χ4v) is 1.28. The minimum Gasteiger partial charge on any atom is -0.423 e. The van der Waals surface area contributed by atoms with Crippen LogP contribution in [0.5, 0.6) is 0 Å². The van der Waals surface area contributed by atoms with Gasteiger partial charge in [-0.05, 0) is 11.6 Å². The molecule has 1 aromatic rings. The molecule has 0 atom stereocenters. The second kappa shape index (κ2) is 4.06. The van der Waals surface area contributed by atoms with Crippen molar-refractivity contribution in [2.75, 3.05) is 0 Å². The van der Waals surface area contributed by atoms with Crippen LogP contribution in [0.3, 0.4) is 0 Å². The maximum atomic E-state index is 12.9. The zero-order chi connectivity index (χ0) is 10.0. The van der Waals surface area contributed by atoms with Gasteiger partial charge in [-0.25, -0.2) is 4.39 Å². The molecule has 0 aliphatic heterocycles. The number of aliphatic hydroxyl groups is 1. The van der Waals surface area contributed by atoms with Crippen LogP contribution in [0.2, 0.25) is 5.02 Å². The Labute approximate surface area is 79.5 Å². The van der Waals surface area contributed by atoms with Crippen molar-refractivity contribution in [1.29, 1.82) is 0 Å². The van der Waals surface area contributed by atoms with Gasteiger partial charge >= 0.3 is 7.12 Å². The lowest BCUT2D eigenvalue weighted by Crippen LogP contribution is -2.34. The molecule has 0 spiro atoms. The highest BCUT2D eigenvalue weighted by atomic mass is 35.5. The molecular formula is C7H7BClFO3. The summed E-state index contributed by atoms with van der Waals surface area (Å²) in [4.78, 5) is 0. The van der Waals surface area contributed by atoms with Crippen molar-refractivity contribution >= 4 is 24.2 Å². The number of benzene rings is 1. The average molecular weight is 204 g/mol. The molecule has 3 nitrogen and oxygen atoms in total. The molecule has 0 aliphatic carbocycles. The molecule has 6 heteroatoms. The fraction of sp³-hybridized carbons (Fsp3) is 0.143. The first-order chi connectivity index (χ1) is 6.07. The molecule has 0 fully saturated rings. The van der Waals surface area contributed by atoms with Crippen LogP contribution in [0.25, 0.3) is 0 Å². The van der Waals surface area contributed by atoms with Crippen LogP contribution >= 0.6 is 11.6 Å². The van der Waals surface area contributed by atoms with Crippen molar-refractivity contribution in [2.45, 2.75) is 6.61 Å². The van der Waals surface area contributed by atoms with Gasteiger partial charge in [0.2, 0.25) is 0 Å². The van der Waals surface area contributed by atoms with Gasteiger partial charge in [-0.1, -0.05) is 17.7 Å². The SMILES string of the molecule is OCc1ccc(F)c(B(O)O)c1Cl. The number of halogens is 2. The molecule has 13 heavy (non-hydrogen) atoms. The Hall–Kier alpha value is -0.615. The standard InChI is InChI=1S/C7H7BClFO3/c9-7-4(3-11)1-2-5(10)6(7)8(12)13/h1-2,11-13H,3H2. The maximum absolute atomic E-state index is 12.9. The van der Waals surface area contributed by atoms with E-state index >= 15 is 0 Å². The van der Waals surface area contributed by atoms with Gasteiger partial charge in [0.05, 0.1) is 6.61 Å². The van der Waals surface area contributed by atoms with Gasteiger partial charge in [0.1, 0.15) is 5.82 Å². The average Bonchev–Trinajstić information content (AvgIpc) is 2.04. The normalized spacial score (nSPS) is 10.2. The molecule has 0 saturated heterocycles. The van der Waals surface area contributed by atoms with E-state index in [1.165, 1.54) is 6.07 Å². The zero-order valence-corrected chi connectivity index (χ0v) is 7.29. The molecule has 0 saturated carbocycles. The summed E-state index contributed by atoms with van der Waals surface area (Å²) in [6.07, 6.45) is 0. The molecule has 70 valence electrons. The predicted octanol–water partition coefficient (Wildman–Crippen LogP) is -0.349.